The Morgan fingerprint density at radius 3 is 2.37 bits per heavy atom. The Kier molecular flexibility index (Phi) is 13.9. The molecule has 0 unspecified atom stereocenters. The molecule has 0 spiro atoms. The lowest BCUT2D eigenvalue weighted by Crippen LogP contribution is -2.35. The Morgan fingerprint density at radius 1 is 0.971 bits per heavy atom. The maximum atomic E-state index is 6.20. The first kappa shape index (κ1) is 30.8. The first-order valence-electron chi connectivity index (χ1n) is 11.4. The fourth-order valence-corrected chi connectivity index (χ4v) is 3.81. The number of aryl methyl sites for hydroxylation is 1. The van der Waals surface area contributed by atoms with Gasteiger partial charge in [-0.3, -0.25) is 0 Å². The summed E-state index contributed by atoms with van der Waals surface area (Å²) in [5.74, 6) is 1.40. The number of hydrogen-bond acceptors (Lipinski definition) is 7. The largest absolute Gasteiger partial charge is 0.487 e. The Morgan fingerprint density at radius 2 is 1.71 bits per heavy atom. The lowest BCUT2D eigenvalue weighted by atomic mass is 10.0. The van der Waals surface area contributed by atoms with E-state index in [2.05, 4.69) is 51.4 Å². The van der Waals surface area contributed by atoms with E-state index in [4.69, 9.17) is 9.47 Å². The van der Waals surface area contributed by atoms with Crippen LogP contribution >= 0.6 is 37.2 Å². The zero-order valence-corrected chi connectivity index (χ0v) is 22.6. The minimum Gasteiger partial charge on any atom is -0.487 e. The van der Waals surface area contributed by atoms with E-state index in [0.29, 0.717) is 12.5 Å². The van der Waals surface area contributed by atoms with Crippen molar-refractivity contribution in [1.29, 1.82) is 0 Å². The Hall–Kier alpha value is -2.19. The van der Waals surface area contributed by atoms with Crippen molar-refractivity contribution in [3.8, 4) is 22.8 Å². The lowest BCUT2D eigenvalue weighted by Gasteiger charge is -2.28. The van der Waals surface area contributed by atoms with Crippen LogP contribution in [0, 0.1) is 0 Å². The lowest BCUT2D eigenvalue weighted by molar-refractivity contribution is 0.109. The predicted octanol–water partition coefficient (Wildman–Crippen LogP) is 5.59. The maximum absolute atomic E-state index is 6.20. The monoisotopic (exact) mass is 541 g/mol. The Labute approximate surface area is 226 Å². The smallest absolute Gasteiger partial charge is 0.234 e. The first-order chi connectivity index (χ1) is 15.7. The second-order valence-electron chi connectivity index (χ2n) is 8.30. The molecule has 1 aliphatic rings. The molecule has 10 heteroatoms. The molecule has 0 bridgehead atoms. The van der Waals surface area contributed by atoms with Crippen molar-refractivity contribution < 1.29 is 9.47 Å². The van der Waals surface area contributed by atoms with Crippen LogP contribution in [0.3, 0.4) is 0 Å². The van der Waals surface area contributed by atoms with Gasteiger partial charge in [-0.05, 0) is 62.6 Å². The van der Waals surface area contributed by atoms with Crippen LogP contribution in [0.15, 0.2) is 48.7 Å². The van der Waals surface area contributed by atoms with Crippen molar-refractivity contribution in [2.24, 2.45) is 0 Å². The maximum Gasteiger partial charge on any atom is 0.234 e. The molecule has 1 aromatic carbocycles. The molecule has 1 fully saturated rings. The topological polar surface area (TPSA) is 73.3 Å². The van der Waals surface area contributed by atoms with Crippen LogP contribution in [0.1, 0.15) is 44.0 Å². The highest BCUT2D eigenvalue weighted by atomic mass is 35.5. The van der Waals surface area contributed by atoms with Crippen LogP contribution in [0.2, 0.25) is 0 Å². The molecule has 3 aromatic rings. The van der Waals surface area contributed by atoms with Crippen molar-refractivity contribution in [3.05, 3.63) is 60.0 Å². The van der Waals surface area contributed by atoms with Crippen LogP contribution in [-0.4, -0.2) is 51.5 Å². The number of nitrogens with zero attached hydrogens (tertiary/aromatic N) is 5. The summed E-state index contributed by atoms with van der Waals surface area (Å²) in [7, 11) is 2.15. The molecule has 0 amide bonds. The van der Waals surface area contributed by atoms with E-state index in [1.165, 1.54) is 0 Å². The highest BCUT2D eigenvalue weighted by molar-refractivity contribution is 5.86. The summed E-state index contributed by atoms with van der Waals surface area (Å²) in [4.78, 5) is 2.33. The molecule has 0 N–H and O–H groups in total. The van der Waals surface area contributed by atoms with Gasteiger partial charge in [0.1, 0.15) is 24.2 Å². The normalized spacial score (nSPS) is 13.7. The number of likely N-dealkylation sites (tertiary alicyclic amines) is 1. The van der Waals surface area contributed by atoms with Gasteiger partial charge < -0.3 is 14.4 Å². The number of unbranched alkanes of at least 4 members (excludes halogenated alkanes) is 1. The molecule has 0 aliphatic carbocycles. The van der Waals surface area contributed by atoms with Gasteiger partial charge in [0.25, 0.3) is 0 Å². The summed E-state index contributed by atoms with van der Waals surface area (Å²) >= 11 is 0. The zero-order valence-electron chi connectivity index (χ0n) is 20.1. The number of hydrogen-bond donors (Lipinski definition) is 0. The summed E-state index contributed by atoms with van der Waals surface area (Å²) in [6.07, 6.45) is 6.98. The number of benzene rings is 1. The van der Waals surface area contributed by atoms with Crippen LogP contribution in [-0.2, 0) is 13.0 Å². The van der Waals surface area contributed by atoms with Crippen LogP contribution < -0.4 is 9.47 Å². The summed E-state index contributed by atoms with van der Waals surface area (Å²) in [5, 5.41) is 16.9. The van der Waals surface area contributed by atoms with Gasteiger partial charge in [-0.25, -0.2) is 0 Å². The minimum atomic E-state index is 0. The van der Waals surface area contributed by atoms with Crippen molar-refractivity contribution in [2.75, 3.05) is 20.1 Å². The first-order valence-corrected chi connectivity index (χ1v) is 11.4. The van der Waals surface area contributed by atoms with E-state index in [-0.39, 0.29) is 43.3 Å². The molecule has 0 radical (unpaired) electrons. The fraction of sp³-hybridized carbons (Fsp3) is 0.440. The van der Waals surface area contributed by atoms with E-state index < -0.39 is 0 Å². The minimum absolute atomic E-state index is 0. The summed E-state index contributed by atoms with van der Waals surface area (Å²) in [6.45, 7) is 4.68. The summed E-state index contributed by atoms with van der Waals surface area (Å²) in [5.41, 5.74) is 3.98. The molecular weight excluding hydrogens is 509 g/mol. The SMILES string of the molecule is CCCCc1nnc(OC2CCN(C)CC2)cc1-c1ccc(OCc2cccnn2)cc1.Cl.Cl.Cl. The van der Waals surface area contributed by atoms with E-state index in [1.807, 2.05) is 30.3 Å². The summed E-state index contributed by atoms with van der Waals surface area (Å²) < 4.78 is 12.1. The third kappa shape index (κ3) is 9.08. The quantitative estimate of drug-likeness (QED) is 0.349. The van der Waals surface area contributed by atoms with Gasteiger partial charge in [0.15, 0.2) is 0 Å². The molecule has 0 saturated carbocycles. The molecule has 0 atom stereocenters. The molecule has 3 heterocycles. The van der Waals surface area contributed by atoms with E-state index in [1.54, 1.807) is 6.20 Å². The van der Waals surface area contributed by atoms with Gasteiger partial charge in [-0.15, -0.1) is 42.3 Å². The number of piperidine rings is 1. The molecule has 7 nitrogen and oxygen atoms in total. The van der Waals surface area contributed by atoms with Gasteiger partial charge in [0.2, 0.25) is 5.88 Å². The Bertz CT molecular complexity index is 988. The Balaban J connectivity index is 0.00000204. The molecule has 1 saturated heterocycles. The molecule has 1 aliphatic heterocycles. The van der Waals surface area contributed by atoms with Crippen molar-refractivity contribution >= 4 is 37.2 Å². The van der Waals surface area contributed by atoms with Gasteiger partial charge in [-0.1, -0.05) is 25.5 Å². The van der Waals surface area contributed by atoms with E-state index in [0.717, 1.165) is 73.5 Å². The van der Waals surface area contributed by atoms with Crippen LogP contribution in [0.25, 0.3) is 11.1 Å². The summed E-state index contributed by atoms with van der Waals surface area (Å²) in [6, 6.07) is 13.9. The van der Waals surface area contributed by atoms with Gasteiger partial charge >= 0.3 is 0 Å². The highest BCUT2D eigenvalue weighted by Crippen LogP contribution is 2.29. The molecule has 192 valence electrons. The third-order valence-corrected chi connectivity index (χ3v) is 5.75. The van der Waals surface area contributed by atoms with Crippen molar-refractivity contribution in [2.45, 2.75) is 51.7 Å². The molecular formula is C25H34Cl3N5O2. The molecule has 2 aromatic heterocycles. The van der Waals surface area contributed by atoms with Gasteiger partial charge in [-0.2, -0.15) is 15.3 Å². The van der Waals surface area contributed by atoms with E-state index in [9.17, 15) is 0 Å². The van der Waals surface area contributed by atoms with Crippen molar-refractivity contribution in [1.82, 2.24) is 25.3 Å². The van der Waals surface area contributed by atoms with Gasteiger partial charge in [0.05, 0.1) is 5.69 Å². The average Bonchev–Trinajstić information content (AvgIpc) is 2.84. The predicted molar refractivity (Wildman–Crippen MR) is 145 cm³/mol. The second kappa shape index (κ2) is 15.7. The van der Waals surface area contributed by atoms with Crippen LogP contribution in [0.4, 0.5) is 0 Å². The van der Waals surface area contributed by atoms with Crippen molar-refractivity contribution in [3.63, 3.8) is 0 Å². The average molecular weight is 543 g/mol. The molecule has 4 rings (SSSR count). The molecule has 35 heavy (non-hydrogen) atoms. The zero-order chi connectivity index (χ0) is 22.2. The number of ether oxygens (including phenoxy) is 2. The van der Waals surface area contributed by atoms with E-state index >= 15 is 0 Å². The number of aromatic nitrogens is 4. The van der Waals surface area contributed by atoms with Crippen LogP contribution in [0.5, 0.6) is 11.6 Å². The fourth-order valence-electron chi connectivity index (χ4n) is 3.81. The van der Waals surface area contributed by atoms with Gasteiger partial charge in [0, 0.05) is 30.9 Å². The number of rotatable bonds is 9. The third-order valence-electron chi connectivity index (χ3n) is 5.75. The number of halogens is 3. The highest BCUT2D eigenvalue weighted by Gasteiger charge is 2.19. The standard InChI is InChI=1S/C25H31N5O2.3ClH/c1-3-4-7-24-23(17-25(29-28-24)32-22-12-15-30(2)16-13-22)19-8-10-21(11-9-19)31-18-20-6-5-14-26-27-20;;;/h5-6,8-11,14,17,22H,3-4,7,12-13,15-16,18H2,1-2H3;3*1H. The second-order valence-corrected chi connectivity index (χ2v) is 8.30.